The monoisotopic (exact) mass is 282 g/mol. The van der Waals surface area contributed by atoms with Gasteiger partial charge in [-0.05, 0) is 38.0 Å². The first-order valence-corrected chi connectivity index (χ1v) is 7.08. The number of esters is 1. The molecule has 1 atom stereocenters. The van der Waals surface area contributed by atoms with Gasteiger partial charge in [-0.25, -0.2) is 4.79 Å². The van der Waals surface area contributed by atoms with Crippen molar-refractivity contribution in [1.29, 1.82) is 0 Å². The zero-order chi connectivity index (χ0) is 14.4. The molecular formula is C14H18O4S. The molecule has 0 amide bonds. The quantitative estimate of drug-likeness (QED) is 0.641. The number of aromatic carboxylic acids is 1. The van der Waals surface area contributed by atoms with E-state index in [1.54, 1.807) is 18.2 Å². The molecule has 0 aliphatic heterocycles. The second-order valence-corrected chi connectivity index (χ2v) is 5.30. The molecule has 1 N–H and O–H groups in total. The van der Waals surface area contributed by atoms with Gasteiger partial charge in [0.1, 0.15) is 0 Å². The lowest BCUT2D eigenvalue weighted by Crippen LogP contribution is -2.15. The summed E-state index contributed by atoms with van der Waals surface area (Å²) >= 11 is 1.30. The largest absolute Gasteiger partial charge is 0.478 e. The van der Waals surface area contributed by atoms with Gasteiger partial charge in [0.05, 0.1) is 17.4 Å². The SMILES string of the molecule is CCC(C)OC(=O)CSc1cc(C(=O)O)ccc1C. The molecule has 1 rings (SSSR count). The summed E-state index contributed by atoms with van der Waals surface area (Å²) in [4.78, 5) is 23.2. The number of rotatable bonds is 6. The summed E-state index contributed by atoms with van der Waals surface area (Å²) in [7, 11) is 0. The van der Waals surface area contributed by atoms with Crippen LogP contribution in [0.3, 0.4) is 0 Å². The standard InChI is InChI=1S/C14H18O4S/c1-4-10(3)18-13(15)8-19-12-7-11(14(16)17)6-5-9(12)2/h5-7,10H,4,8H2,1-3H3,(H,16,17). The highest BCUT2D eigenvalue weighted by Crippen LogP contribution is 2.24. The molecule has 1 aromatic rings. The smallest absolute Gasteiger partial charge is 0.335 e. The van der Waals surface area contributed by atoms with E-state index in [1.165, 1.54) is 11.8 Å². The van der Waals surface area contributed by atoms with Gasteiger partial charge in [0.15, 0.2) is 0 Å². The molecule has 0 heterocycles. The van der Waals surface area contributed by atoms with Crippen molar-refractivity contribution >= 4 is 23.7 Å². The molecule has 0 saturated heterocycles. The fraction of sp³-hybridized carbons (Fsp3) is 0.429. The third kappa shape index (κ3) is 4.95. The van der Waals surface area contributed by atoms with Gasteiger partial charge < -0.3 is 9.84 Å². The van der Waals surface area contributed by atoms with E-state index in [0.717, 1.165) is 16.9 Å². The first-order valence-electron chi connectivity index (χ1n) is 6.10. The van der Waals surface area contributed by atoms with Crippen molar-refractivity contribution in [3.63, 3.8) is 0 Å². The van der Waals surface area contributed by atoms with Crippen molar-refractivity contribution in [1.82, 2.24) is 0 Å². The molecule has 104 valence electrons. The minimum Gasteiger partial charge on any atom is -0.478 e. The van der Waals surface area contributed by atoms with Crippen LogP contribution in [0.5, 0.6) is 0 Å². The normalized spacial score (nSPS) is 11.9. The van der Waals surface area contributed by atoms with Gasteiger partial charge in [-0.15, -0.1) is 11.8 Å². The van der Waals surface area contributed by atoms with Gasteiger partial charge in [-0.2, -0.15) is 0 Å². The van der Waals surface area contributed by atoms with E-state index in [9.17, 15) is 9.59 Å². The van der Waals surface area contributed by atoms with Gasteiger partial charge in [0, 0.05) is 4.90 Å². The minimum absolute atomic E-state index is 0.0837. The van der Waals surface area contributed by atoms with Gasteiger partial charge >= 0.3 is 11.9 Å². The Morgan fingerprint density at radius 2 is 2.11 bits per heavy atom. The number of hydrogen-bond donors (Lipinski definition) is 1. The van der Waals surface area contributed by atoms with Gasteiger partial charge in [0.25, 0.3) is 0 Å². The fourth-order valence-electron chi connectivity index (χ4n) is 1.37. The van der Waals surface area contributed by atoms with Crippen molar-refractivity contribution in [2.75, 3.05) is 5.75 Å². The highest BCUT2D eigenvalue weighted by atomic mass is 32.2. The summed E-state index contributed by atoms with van der Waals surface area (Å²) < 4.78 is 5.16. The van der Waals surface area contributed by atoms with Crippen LogP contribution in [0, 0.1) is 6.92 Å². The fourth-order valence-corrected chi connectivity index (χ4v) is 2.21. The van der Waals surface area contributed by atoms with E-state index in [-0.39, 0.29) is 23.4 Å². The molecule has 19 heavy (non-hydrogen) atoms. The minimum atomic E-state index is -0.968. The van der Waals surface area contributed by atoms with Crippen molar-refractivity contribution in [2.24, 2.45) is 0 Å². The Labute approximate surface area is 117 Å². The molecule has 0 fully saturated rings. The van der Waals surface area contributed by atoms with Crippen molar-refractivity contribution in [3.8, 4) is 0 Å². The number of carbonyl (C=O) groups is 2. The number of thioether (sulfide) groups is 1. The molecule has 0 aliphatic carbocycles. The topological polar surface area (TPSA) is 63.6 Å². The number of benzene rings is 1. The molecule has 5 heteroatoms. The first-order chi connectivity index (χ1) is 8.93. The highest BCUT2D eigenvalue weighted by molar-refractivity contribution is 8.00. The maximum absolute atomic E-state index is 11.6. The second-order valence-electron chi connectivity index (χ2n) is 4.28. The van der Waals surface area contributed by atoms with E-state index >= 15 is 0 Å². The summed E-state index contributed by atoms with van der Waals surface area (Å²) in [5.41, 5.74) is 1.18. The summed E-state index contributed by atoms with van der Waals surface area (Å²) in [5.74, 6) is -1.06. The third-order valence-corrected chi connectivity index (χ3v) is 3.82. The van der Waals surface area contributed by atoms with Crippen LogP contribution in [-0.4, -0.2) is 28.9 Å². The Kier molecular flexibility index (Phi) is 5.89. The predicted octanol–water partition coefficient (Wildman–Crippen LogP) is 3.13. The van der Waals surface area contributed by atoms with Crippen LogP contribution >= 0.6 is 11.8 Å². The average molecular weight is 282 g/mol. The Balaban J connectivity index is 2.64. The Morgan fingerprint density at radius 3 is 2.68 bits per heavy atom. The van der Waals surface area contributed by atoms with E-state index in [4.69, 9.17) is 9.84 Å². The second kappa shape index (κ2) is 7.19. The van der Waals surface area contributed by atoms with Crippen LogP contribution in [0.1, 0.15) is 36.2 Å². The van der Waals surface area contributed by atoms with E-state index in [0.29, 0.717) is 0 Å². The summed E-state index contributed by atoms with van der Waals surface area (Å²) in [6, 6.07) is 4.88. The number of carboxylic acid groups (broad SMARTS) is 1. The summed E-state index contributed by atoms with van der Waals surface area (Å²) in [5, 5.41) is 8.93. The van der Waals surface area contributed by atoms with Crippen LogP contribution in [0.25, 0.3) is 0 Å². The molecule has 0 radical (unpaired) electrons. The zero-order valence-corrected chi connectivity index (χ0v) is 12.1. The van der Waals surface area contributed by atoms with Crippen molar-refractivity contribution < 1.29 is 19.4 Å². The zero-order valence-electron chi connectivity index (χ0n) is 11.3. The maximum atomic E-state index is 11.6. The average Bonchev–Trinajstić information content (AvgIpc) is 2.37. The molecule has 0 saturated carbocycles. The first kappa shape index (κ1) is 15.6. The van der Waals surface area contributed by atoms with E-state index in [2.05, 4.69) is 0 Å². The maximum Gasteiger partial charge on any atom is 0.335 e. The van der Waals surface area contributed by atoms with Crippen LogP contribution in [-0.2, 0) is 9.53 Å². The van der Waals surface area contributed by atoms with Crippen LogP contribution in [0.4, 0.5) is 0 Å². The Hall–Kier alpha value is -1.49. The lowest BCUT2D eigenvalue weighted by Gasteiger charge is -2.11. The molecular weight excluding hydrogens is 264 g/mol. The number of hydrogen-bond acceptors (Lipinski definition) is 4. The van der Waals surface area contributed by atoms with Crippen molar-refractivity contribution in [3.05, 3.63) is 29.3 Å². The van der Waals surface area contributed by atoms with Crippen molar-refractivity contribution in [2.45, 2.75) is 38.2 Å². The molecule has 1 unspecified atom stereocenters. The van der Waals surface area contributed by atoms with E-state index < -0.39 is 5.97 Å². The molecule has 1 aromatic carbocycles. The lowest BCUT2D eigenvalue weighted by atomic mass is 10.1. The number of carboxylic acids is 1. The molecule has 0 spiro atoms. The van der Waals surface area contributed by atoms with E-state index in [1.807, 2.05) is 20.8 Å². The molecule has 0 bridgehead atoms. The Morgan fingerprint density at radius 1 is 1.42 bits per heavy atom. The van der Waals surface area contributed by atoms with Crippen LogP contribution in [0.15, 0.2) is 23.1 Å². The molecule has 0 aliphatic rings. The molecule has 0 aromatic heterocycles. The molecule has 4 nitrogen and oxygen atoms in total. The van der Waals surface area contributed by atoms with Gasteiger partial charge in [0.2, 0.25) is 0 Å². The lowest BCUT2D eigenvalue weighted by molar-refractivity contribution is -0.144. The third-order valence-electron chi connectivity index (χ3n) is 2.69. The Bertz CT molecular complexity index is 471. The number of ether oxygens (including phenoxy) is 1. The van der Waals surface area contributed by atoms with Gasteiger partial charge in [-0.1, -0.05) is 13.0 Å². The summed E-state index contributed by atoms with van der Waals surface area (Å²) in [6.45, 7) is 5.68. The number of carbonyl (C=O) groups excluding carboxylic acids is 1. The highest BCUT2D eigenvalue weighted by Gasteiger charge is 2.11. The van der Waals surface area contributed by atoms with Crippen LogP contribution < -0.4 is 0 Å². The summed E-state index contributed by atoms with van der Waals surface area (Å²) in [6.07, 6.45) is 0.698. The van der Waals surface area contributed by atoms with Crippen LogP contribution in [0.2, 0.25) is 0 Å². The van der Waals surface area contributed by atoms with Gasteiger partial charge in [-0.3, -0.25) is 4.79 Å². The number of aryl methyl sites for hydroxylation is 1. The predicted molar refractivity (Wildman–Crippen MR) is 74.7 cm³/mol.